The van der Waals surface area contributed by atoms with Crippen LogP contribution in [0.2, 0.25) is 0 Å². The molecule has 2 atom stereocenters. The fourth-order valence-electron chi connectivity index (χ4n) is 0.474. The summed E-state index contributed by atoms with van der Waals surface area (Å²) in [5, 5.41) is 0. The standard InChI is InChI=1S/C6H15NO3/c1-4-9-6(8-3)10-5(2)7/h5-6H,4,7H2,1-3H3. The second-order valence-corrected chi connectivity index (χ2v) is 1.82. The van der Waals surface area contributed by atoms with Crippen molar-refractivity contribution in [1.29, 1.82) is 0 Å². The third-order valence-corrected chi connectivity index (χ3v) is 0.821. The maximum absolute atomic E-state index is 5.32. The lowest BCUT2D eigenvalue weighted by Crippen LogP contribution is -2.29. The fraction of sp³-hybridized carbons (Fsp3) is 1.00. The van der Waals surface area contributed by atoms with Crippen molar-refractivity contribution >= 4 is 0 Å². The Balaban J connectivity index is 3.39. The molecule has 2 N–H and O–H groups in total. The van der Waals surface area contributed by atoms with Crippen LogP contribution < -0.4 is 5.73 Å². The van der Waals surface area contributed by atoms with Crippen LogP contribution in [0, 0.1) is 0 Å². The molecule has 0 aromatic carbocycles. The average molecular weight is 149 g/mol. The molecule has 0 amide bonds. The SMILES string of the molecule is CCOC(OC)OC(C)N. The van der Waals surface area contributed by atoms with E-state index in [1.54, 1.807) is 6.92 Å². The summed E-state index contributed by atoms with van der Waals surface area (Å²) in [7, 11) is 1.50. The van der Waals surface area contributed by atoms with Gasteiger partial charge in [0.1, 0.15) is 6.23 Å². The first-order valence-electron chi connectivity index (χ1n) is 3.26. The molecule has 4 heteroatoms. The summed E-state index contributed by atoms with van der Waals surface area (Å²) in [6.07, 6.45) is -0.364. The van der Waals surface area contributed by atoms with Crippen LogP contribution >= 0.6 is 0 Å². The molecule has 10 heavy (non-hydrogen) atoms. The van der Waals surface area contributed by atoms with Gasteiger partial charge < -0.3 is 19.9 Å². The molecule has 0 rings (SSSR count). The summed E-state index contributed by atoms with van der Waals surface area (Å²) in [6.45, 7) is 3.48. The molecule has 0 saturated carbocycles. The minimum absolute atomic E-state index is 0.364. The molecule has 0 spiro atoms. The summed E-state index contributed by atoms with van der Waals surface area (Å²) in [5.74, 6) is 0. The summed E-state index contributed by atoms with van der Waals surface area (Å²) >= 11 is 0. The van der Waals surface area contributed by atoms with Gasteiger partial charge in [0.15, 0.2) is 0 Å². The van der Waals surface area contributed by atoms with Gasteiger partial charge >= 0.3 is 0 Å². The predicted molar refractivity (Wildman–Crippen MR) is 37.2 cm³/mol. The van der Waals surface area contributed by atoms with Gasteiger partial charge in [0, 0.05) is 13.7 Å². The van der Waals surface area contributed by atoms with Crippen LogP contribution in [0.25, 0.3) is 0 Å². The number of nitrogens with two attached hydrogens (primary N) is 1. The molecular weight excluding hydrogens is 134 g/mol. The summed E-state index contributed by atoms with van der Waals surface area (Å²) < 4.78 is 14.7. The van der Waals surface area contributed by atoms with Crippen molar-refractivity contribution in [2.24, 2.45) is 5.73 Å². The number of rotatable bonds is 5. The average Bonchev–Trinajstić information content (AvgIpc) is 1.86. The molecule has 0 heterocycles. The van der Waals surface area contributed by atoms with Crippen molar-refractivity contribution < 1.29 is 14.2 Å². The van der Waals surface area contributed by atoms with Crippen molar-refractivity contribution in [3.8, 4) is 0 Å². The highest BCUT2D eigenvalue weighted by Crippen LogP contribution is 1.96. The van der Waals surface area contributed by atoms with E-state index in [2.05, 4.69) is 0 Å². The maximum atomic E-state index is 5.32. The van der Waals surface area contributed by atoms with Gasteiger partial charge in [0.05, 0.1) is 0 Å². The van der Waals surface area contributed by atoms with Gasteiger partial charge in [0.25, 0.3) is 6.48 Å². The van der Waals surface area contributed by atoms with E-state index in [0.717, 1.165) is 0 Å². The molecule has 0 aliphatic carbocycles. The van der Waals surface area contributed by atoms with Gasteiger partial charge in [-0.15, -0.1) is 0 Å². The number of methoxy groups -OCH3 is 1. The van der Waals surface area contributed by atoms with E-state index in [1.807, 2.05) is 6.92 Å². The molecule has 0 aromatic rings. The van der Waals surface area contributed by atoms with Crippen LogP contribution in [0.1, 0.15) is 13.8 Å². The van der Waals surface area contributed by atoms with Crippen molar-refractivity contribution in [3.63, 3.8) is 0 Å². The molecule has 4 nitrogen and oxygen atoms in total. The zero-order chi connectivity index (χ0) is 7.98. The van der Waals surface area contributed by atoms with Crippen LogP contribution in [0.4, 0.5) is 0 Å². The van der Waals surface area contributed by atoms with Crippen molar-refractivity contribution in [1.82, 2.24) is 0 Å². The second-order valence-electron chi connectivity index (χ2n) is 1.82. The highest BCUT2D eigenvalue weighted by atomic mass is 16.8. The molecule has 62 valence electrons. The molecule has 0 saturated heterocycles. The lowest BCUT2D eigenvalue weighted by molar-refractivity contribution is -0.289. The third kappa shape index (κ3) is 4.69. The minimum Gasteiger partial charge on any atom is -0.333 e. The second kappa shape index (κ2) is 5.61. The van der Waals surface area contributed by atoms with Crippen LogP contribution in [0.5, 0.6) is 0 Å². The van der Waals surface area contributed by atoms with Gasteiger partial charge in [-0.05, 0) is 13.8 Å². The molecular formula is C6H15NO3. The Morgan fingerprint density at radius 3 is 2.40 bits per heavy atom. The molecule has 0 fully saturated rings. The first kappa shape index (κ1) is 9.84. The smallest absolute Gasteiger partial charge is 0.272 e. The number of ether oxygens (including phenoxy) is 3. The van der Waals surface area contributed by atoms with E-state index >= 15 is 0 Å². The first-order valence-corrected chi connectivity index (χ1v) is 3.26. The van der Waals surface area contributed by atoms with E-state index < -0.39 is 6.48 Å². The Morgan fingerprint density at radius 1 is 1.50 bits per heavy atom. The molecule has 0 bridgehead atoms. The van der Waals surface area contributed by atoms with E-state index in [-0.39, 0.29) is 6.23 Å². The normalized spacial score (nSPS) is 16.8. The summed E-state index contributed by atoms with van der Waals surface area (Å²) in [6, 6.07) is 0. The van der Waals surface area contributed by atoms with Crippen LogP contribution in [-0.2, 0) is 14.2 Å². The maximum Gasteiger partial charge on any atom is 0.272 e. The summed E-state index contributed by atoms with van der Waals surface area (Å²) in [5.41, 5.74) is 5.32. The zero-order valence-electron chi connectivity index (χ0n) is 6.66. The van der Waals surface area contributed by atoms with Gasteiger partial charge in [0.2, 0.25) is 0 Å². The van der Waals surface area contributed by atoms with E-state index in [1.165, 1.54) is 7.11 Å². The predicted octanol–water partition coefficient (Wildman–Crippen LogP) is 0.274. The number of hydrogen-bond donors (Lipinski definition) is 1. The van der Waals surface area contributed by atoms with Crippen molar-refractivity contribution in [2.75, 3.05) is 13.7 Å². The van der Waals surface area contributed by atoms with Crippen molar-refractivity contribution in [3.05, 3.63) is 0 Å². The Labute approximate surface area is 61.2 Å². The Bertz CT molecular complexity index is 77.4. The van der Waals surface area contributed by atoms with Gasteiger partial charge in [-0.2, -0.15) is 0 Å². The highest BCUT2D eigenvalue weighted by Gasteiger charge is 2.07. The van der Waals surface area contributed by atoms with Crippen LogP contribution in [0.3, 0.4) is 0 Å². The number of hydrogen-bond acceptors (Lipinski definition) is 4. The summed E-state index contributed by atoms with van der Waals surface area (Å²) in [4.78, 5) is 0. The topological polar surface area (TPSA) is 53.7 Å². The van der Waals surface area contributed by atoms with E-state index in [4.69, 9.17) is 19.9 Å². The molecule has 0 aliphatic rings. The van der Waals surface area contributed by atoms with Crippen LogP contribution in [0.15, 0.2) is 0 Å². The molecule has 0 aliphatic heterocycles. The molecule has 0 radical (unpaired) electrons. The Hall–Kier alpha value is -0.160. The Morgan fingerprint density at radius 2 is 2.10 bits per heavy atom. The van der Waals surface area contributed by atoms with E-state index in [9.17, 15) is 0 Å². The Kier molecular flexibility index (Phi) is 5.52. The third-order valence-electron chi connectivity index (χ3n) is 0.821. The van der Waals surface area contributed by atoms with E-state index in [0.29, 0.717) is 6.61 Å². The lowest BCUT2D eigenvalue weighted by atomic mass is 10.7. The van der Waals surface area contributed by atoms with Crippen molar-refractivity contribution in [2.45, 2.75) is 26.6 Å². The lowest BCUT2D eigenvalue weighted by Gasteiger charge is -2.17. The minimum atomic E-state index is -0.634. The van der Waals surface area contributed by atoms with Crippen LogP contribution in [-0.4, -0.2) is 26.4 Å². The fourth-order valence-corrected chi connectivity index (χ4v) is 0.474. The largest absolute Gasteiger partial charge is 0.333 e. The first-order chi connectivity index (χ1) is 4.70. The molecule has 0 aromatic heterocycles. The van der Waals surface area contributed by atoms with Gasteiger partial charge in [-0.25, -0.2) is 0 Å². The van der Waals surface area contributed by atoms with Gasteiger partial charge in [-0.3, -0.25) is 0 Å². The monoisotopic (exact) mass is 149 g/mol. The zero-order valence-corrected chi connectivity index (χ0v) is 6.66. The molecule has 2 unspecified atom stereocenters. The highest BCUT2D eigenvalue weighted by molar-refractivity contribution is 4.31. The van der Waals surface area contributed by atoms with Gasteiger partial charge in [-0.1, -0.05) is 0 Å². The quantitative estimate of drug-likeness (QED) is 0.570.